The zero-order valence-electron chi connectivity index (χ0n) is 9.78. The molecule has 0 spiro atoms. The van der Waals surface area contributed by atoms with Gasteiger partial charge in [0.1, 0.15) is 0 Å². The molecule has 0 saturated heterocycles. The highest BCUT2D eigenvalue weighted by atomic mass is 19.3. The van der Waals surface area contributed by atoms with Crippen LogP contribution in [0.1, 0.15) is 5.69 Å². The summed E-state index contributed by atoms with van der Waals surface area (Å²) in [6.07, 6.45) is 0. The van der Waals surface area contributed by atoms with E-state index in [2.05, 4.69) is 14.9 Å². The van der Waals surface area contributed by atoms with Crippen LogP contribution in [0.4, 0.5) is 18.9 Å². The maximum Gasteiger partial charge on any atom is 0.387 e. The van der Waals surface area contributed by atoms with Gasteiger partial charge in [0.2, 0.25) is 5.88 Å². The van der Waals surface area contributed by atoms with Crippen LogP contribution in [0.15, 0.2) is 18.2 Å². The minimum atomic E-state index is -3.14. The molecule has 1 heterocycles. The standard InChI is InChI=1S/C11H10F3N3O2/c1-5-2-10(17-16-5)18-9-4-8(19-11(13)14)6(12)3-7(9)15/h2-4,11H,15H2,1H3,(H,16,17). The first kappa shape index (κ1) is 13.1. The molecule has 0 radical (unpaired) electrons. The van der Waals surface area contributed by atoms with Gasteiger partial charge in [-0.1, -0.05) is 0 Å². The zero-order chi connectivity index (χ0) is 14.0. The van der Waals surface area contributed by atoms with Crippen molar-refractivity contribution in [1.29, 1.82) is 0 Å². The number of ether oxygens (including phenoxy) is 2. The largest absolute Gasteiger partial charge is 0.435 e. The number of rotatable bonds is 4. The van der Waals surface area contributed by atoms with Gasteiger partial charge in [0.05, 0.1) is 5.69 Å². The summed E-state index contributed by atoms with van der Waals surface area (Å²) in [6, 6.07) is 3.35. The molecule has 0 atom stereocenters. The second-order valence-electron chi connectivity index (χ2n) is 3.69. The van der Waals surface area contributed by atoms with Crippen molar-refractivity contribution in [2.75, 3.05) is 5.73 Å². The van der Waals surface area contributed by atoms with Gasteiger partial charge in [0.15, 0.2) is 17.3 Å². The van der Waals surface area contributed by atoms with Crippen LogP contribution in [0.25, 0.3) is 0 Å². The van der Waals surface area contributed by atoms with E-state index in [0.717, 1.165) is 17.8 Å². The van der Waals surface area contributed by atoms with Gasteiger partial charge in [-0.3, -0.25) is 5.10 Å². The molecule has 0 aliphatic carbocycles. The van der Waals surface area contributed by atoms with Gasteiger partial charge < -0.3 is 15.2 Å². The smallest absolute Gasteiger partial charge is 0.387 e. The number of benzene rings is 1. The van der Waals surface area contributed by atoms with E-state index < -0.39 is 18.2 Å². The first-order valence-electron chi connectivity index (χ1n) is 5.19. The molecule has 5 nitrogen and oxygen atoms in total. The number of nitrogen functional groups attached to an aromatic ring is 1. The summed E-state index contributed by atoms with van der Waals surface area (Å²) >= 11 is 0. The Morgan fingerprint density at radius 1 is 1.26 bits per heavy atom. The van der Waals surface area contributed by atoms with Crippen molar-refractivity contribution in [1.82, 2.24) is 10.2 Å². The van der Waals surface area contributed by atoms with Crippen molar-refractivity contribution in [2.24, 2.45) is 0 Å². The Bertz CT molecular complexity index is 587. The molecule has 19 heavy (non-hydrogen) atoms. The summed E-state index contributed by atoms with van der Waals surface area (Å²) in [7, 11) is 0. The maximum atomic E-state index is 13.3. The van der Waals surface area contributed by atoms with Crippen molar-refractivity contribution in [2.45, 2.75) is 13.5 Å². The third kappa shape index (κ3) is 3.09. The average molecular weight is 273 g/mol. The SMILES string of the molecule is Cc1cc(Oc2cc(OC(F)F)c(F)cc2N)n[nH]1. The van der Waals surface area contributed by atoms with Crippen LogP contribution < -0.4 is 15.2 Å². The number of hydrogen-bond donors (Lipinski definition) is 2. The number of nitrogens with zero attached hydrogens (tertiary/aromatic N) is 1. The van der Waals surface area contributed by atoms with Crippen molar-refractivity contribution in [3.8, 4) is 17.4 Å². The highest BCUT2D eigenvalue weighted by molar-refractivity contribution is 5.57. The van der Waals surface area contributed by atoms with Gasteiger partial charge in [-0.25, -0.2) is 4.39 Å². The molecular formula is C11H10F3N3O2. The molecule has 2 aromatic rings. The number of aromatic amines is 1. The molecule has 0 aliphatic heterocycles. The van der Waals surface area contributed by atoms with Crippen LogP contribution in [0.2, 0.25) is 0 Å². The van der Waals surface area contributed by atoms with Crippen molar-refractivity contribution < 1.29 is 22.6 Å². The highest BCUT2D eigenvalue weighted by Crippen LogP contribution is 2.33. The molecule has 102 valence electrons. The molecule has 0 bridgehead atoms. The Morgan fingerprint density at radius 2 is 2.00 bits per heavy atom. The minimum Gasteiger partial charge on any atom is -0.435 e. The van der Waals surface area contributed by atoms with Crippen LogP contribution in [0.3, 0.4) is 0 Å². The van der Waals surface area contributed by atoms with E-state index >= 15 is 0 Å². The van der Waals surface area contributed by atoms with E-state index in [1.54, 1.807) is 13.0 Å². The lowest BCUT2D eigenvalue weighted by atomic mass is 10.2. The van der Waals surface area contributed by atoms with E-state index in [1.165, 1.54) is 0 Å². The van der Waals surface area contributed by atoms with Gasteiger partial charge in [0, 0.05) is 23.9 Å². The number of nitrogens with one attached hydrogen (secondary N) is 1. The normalized spacial score (nSPS) is 10.8. The lowest BCUT2D eigenvalue weighted by Gasteiger charge is -2.10. The Morgan fingerprint density at radius 3 is 2.58 bits per heavy atom. The van der Waals surface area contributed by atoms with E-state index in [4.69, 9.17) is 10.5 Å². The van der Waals surface area contributed by atoms with Gasteiger partial charge in [-0.2, -0.15) is 8.78 Å². The molecule has 0 fully saturated rings. The van der Waals surface area contributed by atoms with Gasteiger partial charge in [-0.05, 0) is 6.92 Å². The second-order valence-corrected chi connectivity index (χ2v) is 3.69. The third-order valence-corrected chi connectivity index (χ3v) is 2.18. The van der Waals surface area contributed by atoms with Crippen molar-refractivity contribution in [3.05, 3.63) is 29.7 Å². The summed E-state index contributed by atoms with van der Waals surface area (Å²) < 4.78 is 46.7. The third-order valence-electron chi connectivity index (χ3n) is 2.18. The molecule has 1 aromatic heterocycles. The van der Waals surface area contributed by atoms with E-state index in [-0.39, 0.29) is 17.3 Å². The van der Waals surface area contributed by atoms with Crippen molar-refractivity contribution in [3.63, 3.8) is 0 Å². The summed E-state index contributed by atoms with van der Waals surface area (Å²) in [5, 5.41) is 6.41. The lowest BCUT2D eigenvalue weighted by Crippen LogP contribution is -2.05. The average Bonchev–Trinajstić information content (AvgIpc) is 2.70. The van der Waals surface area contributed by atoms with Crippen LogP contribution >= 0.6 is 0 Å². The molecule has 0 amide bonds. The number of halogens is 3. The number of aryl methyl sites for hydroxylation is 1. The fraction of sp³-hybridized carbons (Fsp3) is 0.182. The number of anilines is 1. The maximum absolute atomic E-state index is 13.3. The topological polar surface area (TPSA) is 73.2 Å². The Hall–Kier alpha value is -2.38. The number of hydrogen-bond acceptors (Lipinski definition) is 4. The van der Waals surface area contributed by atoms with Crippen LogP contribution in [-0.2, 0) is 0 Å². The number of alkyl halides is 2. The van der Waals surface area contributed by atoms with E-state index in [9.17, 15) is 13.2 Å². The zero-order valence-corrected chi connectivity index (χ0v) is 9.78. The van der Waals surface area contributed by atoms with Crippen LogP contribution in [0.5, 0.6) is 17.4 Å². The van der Waals surface area contributed by atoms with Gasteiger partial charge in [0.25, 0.3) is 0 Å². The first-order valence-corrected chi connectivity index (χ1v) is 5.19. The predicted octanol–water partition coefficient (Wildman–Crippen LogP) is 2.83. The Labute approximate surface area is 106 Å². The quantitative estimate of drug-likeness (QED) is 0.840. The molecule has 8 heteroatoms. The molecule has 0 unspecified atom stereocenters. The molecule has 3 N–H and O–H groups in total. The fourth-order valence-corrected chi connectivity index (χ4v) is 1.38. The summed E-state index contributed by atoms with van der Waals surface area (Å²) in [4.78, 5) is 0. The van der Waals surface area contributed by atoms with Gasteiger partial charge in [-0.15, -0.1) is 5.10 Å². The molecular weight excluding hydrogens is 263 g/mol. The molecule has 0 aliphatic rings. The monoisotopic (exact) mass is 273 g/mol. The Kier molecular flexibility index (Phi) is 3.50. The minimum absolute atomic E-state index is 0.0245. The molecule has 2 rings (SSSR count). The lowest BCUT2D eigenvalue weighted by molar-refractivity contribution is -0.0522. The van der Waals surface area contributed by atoms with Crippen LogP contribution in [0, 0.1) is 12.7 Å². The fourth-order valence-electron chi connectivity index (χ4n) is 1.38. The predicted molar refractivity (Wildman–Crippen MR) is 60.8 cm³/mol. The van der Waals surface area contributed by atoms with Crippen LogP contribution in [-0.4, -0.2) is 16.8 Å². The molecule has 1 aromatic carbocycles. The summed E-state index contributed by atoms with van der Waals surface area (Å²) in [6.45, 7) is -1.39. The number of aromatic nitrogens is 2. The highest BCUT2D eigenvalue weighted by Gasteiger charge is 2.15. The Balaban J connectivity index is 2.29. The summed E-state index contributed by atoms with van der Waals surface area (Å²) in [5.74, 6) is -1.49. The summed E-state index contributed by atoms with van der Waals surface area (Å²) in [5.41, 5.74) is 6.21. The van der Waals surface area contributed by atoms with E-state index in [0.29, 0.717) is 0 Å². The van der Waals surface area contributed by atoms with Crippen molar-refractivity contribution >= 4 is 5.69 Å². The first-order chi connectivity index (χ1) is 8.95. The molecule has 0 saturated carbocycles. The number of nitrogens with two attached hydrogens (primary N) is 1. The number of H-pyrrole nitrogens is 1. The van der Waals surface area contributed by atoms with Gasteiger partial charge >= 0.3 is 6.61 Å². The van der Waals surface area contributed by atoms with E-state index in [1.807, 2.05) is 0 Å². The second kappa shape index (κ2) is 5.09.